The lowest BCUT2D eigenvalue weighted by Gasteiger charge is -2.20. The minimum absolute atomic E-state index is 0.324. The van der Waals surface area contributed by atoms with Crippen molar-refractivity contribution in [2.75, 3.05) is 6.54 Å². The van der Waals surface area contributed by atoms with Crippen LogP contribution in [0.25, 0.3) is 10.9 Å². The van der Waals surface area contributed by atoms with Crippen LogP contribution in [0.5, 0.6) is 0 Å². The summed E-state index contributed by atoms with van der Waals surface area (Å²) in [5, 5.41) is 4.80. The van der Waals surface area contributed by atoms with Crippen molar-refractivity contribution in [1.29, 1.82) is 0 Å². The van der Waals surface area contributed by atoms with Crippen molar-refractivity contribution in [2.24, 2.45) is 0 Å². The predicted octanol–water partition coefficient (Wildman–Crippen LogP) is 4.24. The molecule has 0 aliphatic rings. The number of rotatable bonds is 6. The molecule has 19 heavy (non-hydrogen) atoms. The van der Waals surface area contributed by atoms with Gasteiger partial charge in [0.2, 0.25) is 0 Å². The molecule has 2 aromatic rings. The smallest absolute Gasteiger partial charge is 0.0705 e. The van der Waals surface area contributed by atoms with Gasteiger partial charge in [-0.3, -0.25) is 4.98 Å². The van der Waals surface area contributed by atoms with E-state index in [0.29, 0.717) is 6.04 Å². The van der Waals surface area contributed by atoms with Gasteiger partial charge in [0.25, 0.3) is 0 Å². The summed E-state index contributed by atoms with van der Waals surface area (Å²) in [6.07, 6.45) is 3.86. The molecule has 1 N–H and O–H groups in total. The van der Waals surface area contributed by atoms with Gasteiger partial charge in [0, 0.05) is 17.6 Å². The van der Waals surface area contributed by atoms with E-state index in [9.17, 15) is 0 Å². The third-order valence-corrected chi connectivity index (χ3v) is 3.50. The van der Waals surface area contributed by atoms with E-state index in [1.54, 1.807) is 0 Å². The first kappa shape index (κ1) is 13.8. The molecule has 0 amide bonds. The molecule has 0 spiro atoms. The van der Waals surface area contributed by atoms with E-state index in [-0.39, 0.29) is 0 Å². The fourth-order valence-electron chi connectivity index (χ4n) is 2.40. The SMILES string of the molecule is C=C(CC)CC(NCC)c1cccc2ncccc12. The number of benzene rings is 1. The zero-order valence-corrected chi connectivity index (χ0v) is 11.8. The fraction of sp³-hybridized carbons (Fsp3) is 0.353. The van der Waals surface area contributed by atoms with Crippen molar-refractivity contribution in [3.63, 3.8) is 0 Å². The molecule has 2 heteroatoms. The first-order chi connectivity index (χ1) is 9.26. The molecule has 0 radical (unpaired) electrons. The Morgan fingerprint density at radius 2 is 2.11 bits per heavy atom. The highest BCUT2D eigenvalue weighted by atomic mass is 14.9. The minimum Gasteiger partial charge on any atom is -0.310 e. The third-order valence-electron chi connectivity index (χ3n) is 3.50. The van der Waals surface area contributed by atoms with Crippen molar-refractivity contribution in [1.82, 2.24) is 10.3 Å². The molecule has 1 atom stereocenters. The zero-order chi connectivity index (χ0) is 13.7. The minimum atomic E-state index is 0.324. The van der Waals surface area contributed by atoms with Crippen LogP contribution in [0, 0.1) is 0 Å². The van der Waals surface area contributed by atoms with E-state index in [1.165, 1.54) is 16.5 Å². The molecule has 0 aliphatic heterocycles. The molecule has 0 aliphatic carbocycles. The van der Waals surface area contributed by atoms with Gasteiger partial charge in [-0.15, -0.1) is 0 Å². The van der Waals surface area contributed by atoms with E-state index in [2.05, 4.69) is 55.0 Å². The van der Waals surface area contributed by atoms with Gasteiger partial charge >= 0.3 is 0 Å². The number of hydrogen-bond donors (Lipinski definition) is 1. The van der Waals surface area contributed by atoms with Gasteiger partial charge < -0.3 is 5.32 Å². The average molecular weight is 254 g/mol. The Morgan fingerprint density at radius 3 is 2.84 bits per heavy atom. The van der Waals surface area contributed by atoms with Crippen LogP contribution in [0.2, 0.25) is 0 Å². The summed E-state index contributed by atoms with van der Waals surface area (Å²) in [5.41, 5.74) is 3.67. The van der Waals surface area contributed by atoms with Crippen molar-refractivity contribution >= 4 is 10.9 Å². The fourth-order valence-corrected chi connectivity index (χ4v) is 2.40. The first-order valence-electron chi connectivity index (χ1n) is 7.00. The molecular formula is C17H22N2. The Balaban J connectivity index is 2.40. The number of pyridine rings is 1. The Bertz CT molecular complexity index is 555. The Morgan fingerprint density at radius 1 is 1.26 bits per heavy atom. The van der Waals surface area contributed by atoms with E-state index in [1.807, 2.05) is 12.3 Å². The molecule has 2 nitrogen and oxygen atoms in total. The number of aromatic nitrogens is 1. The van der Waals surface area contributed by atoms with Crippen molar-refractivity contribution in [3.8, 4) is 0 Å². The number of hydrogen-bond acceptors (Lipinski definition) is 2. The van der Waals surface area contributed by atoms with E-state index in [4.69, 9.17) is 0 Å². The van der Waals surface area contributed by atoms with Crippen LogP contribution in [0.15, 0.2) is 48.7 Å². The van der Waals surface area contributed by atoms with Gasteiger partial charge in [-0.25, -0.2) is 0 Å². The second-order valence-electron chi connectivity index (χ2n) is 4.84. The van der Waals surface area contributed by atoms with Crippen LogP contribution in [0.1, 0.15) is 38.3 Å². The van der Waals surface area contributed by atoms with Crippen LogP contribution in [0.3, 0.4) is 0 Å². The Labute approximate surface area is 115 Å². The van der Waals surface area contributed by atoms with E-state index < -0.39 is 0 Å². The zero-order valence-electron chi connectivity index (χ0n) is 11.8. The summed E-state index contributed by atoms with van der Waals surface area (Å²) in [4.78, 5) is 4.43. The molecule has 0 bridgehead atoms. The average Bonchev–Trinajstić information content (AvgIpc) is 2.46. The third kappa shape index (κ3) is 3.21. The maximum atomic E-state index is 4.43. The van der Waals surface area contributed by atoms with Crippen LogP contribution < -0.4 is 5.32 Å². The first-order valence-corrected chi connectivity index (χ1v) is 7.00. The van der Waals surface area contributed by atoms with Crippen LogP contribution >= 0.6 is 0 Å². The maximum Gasteiger partial charge on any atom is 0.0705 e. The molecule has 1 unspecified atom stereocenters. The molecule has 100 valence electrons. The van der Waals surface area contributed by atoms with Gasteiger partial charge in [0.15, 0.2) is 0 Å². The summed E-state index contributed by atoms with van der Waals surface area (Å²) in [6, 6.07) is 10.8. The Hall–Kier alpha value is -1.67. The second-order valence-corrected chi connectivity index (χ2v) is 4.84. The molecule has 0 saturated carbocycles. The number of fused-ring (bicyclic) bond motifs is 1. The van der Waals surface area contributed by atoms with Gasteiger partial charge in [0.05, 0.1) is 5.52 Å². The quantitative estimate of drug-likeness (QED) is 0.780. The molecule has 1 aromatic heterocycles. The number of nitrogens with one attached hydrogen (secondary N) is 1. The van der Waals surface area contributed by atoms with Gasteiger partial charge in [-0.1, -0.05) is 44.2 Å². The summed E-state index contributed by atoms with van der Waals surface area (Å²) in [5.74, 6) is 0. The largest absolute Gasteiger partial charge is 0.310 e. The van der Waals surface area contributed by atoms with Crippen molar-refractivity contribution in [2.45, 2.75) is 32.7 Å². The lowest BCUT2D eigenvalue weighted by atomic mass is 9.95. The second kappa shape index (κ2) is 6.48. The van der Waals surface area contributed by atoms with E-state index >= 15 is 0 Å². The van der Waals surface area contributed by atoms with Gasteiger partial charge in [-0.2, -0.15) is 0 Å². The molecule has 0 saturated heterocycles. The highest BCUT2D eigenvalue weighted by molar-refractivity contribution is 5.82. The van der Waals surface area contributed by atoms with Crippen LogP contribution in [-0.2, 0) is 0 Å². The molecule has 1 heterocycles. The lowest BCUT2D eigenvalue weighted by Crippen LogP contribution is -2.21. The monoisotopic (exact) mass is 254 g/mol. The van der Waals surface area contributed by atoms with Crippen LogP contribution in [-0.4, -0.2) is 11.5 Å². The highest BCUT2D eigenvalue weighted by Crippen LogP contribution is 2.27. The Kier molecular flexibility index (Phi) is 4.69. The lowest BCUT2D eigenvalue weighted by molar-refractivity contribution is 0.546. The van der Waals surface area contributed by atoms with Crippen molar-refractivity contribution < 1.29 is 0 Å². The normalized spacial score (nSPS) is 12.5. The predicted molar refractivity (Wildman–Crippen MR) is 82.2 cm³/mol. The number of nitrogens with zero attached hydrogens (tertiary/aromatic N) is 1. The maximum absolute atomic E-state index is 4.43. The topological polar surface area (TPSA) is 24.9 Å². The molecule has 2 rings (SSSR count). The summed E-state index contributed by atoms with van der Waals surface area (Å²) in [7, 11) is 0. The molecule has 1 aromatic carbocycles. The van der Waals surface area contributed by atoms with Gasteiger partial charge in [-0.05, 0) is 37.1 Å². The summed E-state index contributed by atoms with van der Waals surface area (Å²) >= 11 is 0. The molecular weight excluding hydrogens is 232 g/mol. The van der Waals surface area contributed by atoms with Crippen LogP contribution in [0.4, 0.5) is 0 Å². The van der Waals surface area contributed by atoms with Gasteiger partial charge in [0.1, 0.15) is 0 Å². The highest BCUT2D eigenvalue weighted by Gasteiger charge is 2.14. The summed E-state index contributed by atoms with van der Waals surface area (Å²) in [6.45, 7) is 9.41. The standard InChI is InChI=1S/C17H22N2/c1-4-13(3)12-17(18-5-2)15-8-6-10-16-14(15)9-7-11-19-16/h6-11,17-18H,3-5,12H2,1-2H3. The van der Waals surface area contributed by atoms with Crippen molar-refractivity contribution in [3.05, 3.63) is 54.2 Å². The summed E-state index contributed by atoms with van der Waals surface area (Å²) < 4.78 is 0. The molecule has 0 fully saturated rings. The van der Waals surface area contributed by atoms with E-state index in [0.717, 1.165) is 24.9 Å².